The zero-order valence-corrected chi connectivity index (χ0v) is 14.1. The van der Waals surface area contributed by atoms with E-state index in [1.807, 2.05) is 4.90 Å². The van der Waals surface area contributed by atoms with E-state index in [1.165, 1.54) is 14.1 Å². The van der Waals surface area contributed by atoms with Crippen LogP contribution in [0.3, 0.4) is 0 Å². The first-order chi connectivity index (χ1) is 9.82. The number of rotatable bonds is 5. The molecule has 1 saturated heterocycles. The Morgan fingerprint density at radius 2 is 1.81 bits per heavy atom. The number of aromatic nitrogens is 1. The number of hydrogen-bond acceptors (Lipinski definition) is 8. The van der Waals surface area contributed by atoms with E-state index in [0.717, 1.165) is 15.8 Å². The second-order valence-electron chi connectivity index (χ2n) is 4.94. The standard InChI is InChI=1S/C11H20N4O4S2/c1-14(2)21(16,17)9-10(12)13-20-11(9)15-5-7(18-3)8(6-15)19-4/h7-8H,5-6H2,1-4H3,(H2,12,13). The molecule has 0 bridgehead atoms. The maximum atomic E-state index is 12.4. The molecule has 1 aliphatic rings. The van der Waals surface area contributed by atoms with Gasteiger partial charge in [0.05, 0.1) is 0 Å². The van der Waals surface area contributed by atoms with Gasteiger partial charge in [-0.05, 0) is 11.5 Å². The molecule has 2 N–H and O–H groups in total. The van der Waals surface area contributed by atoms with Gasteiger partial charge in [0.2, 0.25) is 10.0 Å². The quantitative estimate of drug-likeness (QED) is 0.797. The van der Waals surface area contributed by atoms with Crippen molar-refractivity contribution in [2.75, 3.05) is 52.0 Å². The normalized spacial score (nSPS) is 23.2. The van der Waals surface area contributed by atoms with E-state index in [-0.39, 0.29) is 22.9 Å². The first-order valence-corrected chi connectivity index (χ1v) is 8.52. The lowest BCUT2D eigenvalue weighted by Crippen LogP contribution is -2.27. The van der Waals surface area contributed by atoms with Gasteiger partial charge in [-0.25, -0.2) is 12.7 Å². The van der Waals surface area contributed by atoms with Gasteiger partial charge in [-0.2, -0.15) is 4.37 Å². The molecule has 0 radical (unpaired) electrons. The average molecular weight is 336 g/mol. The highest BCUT2D eigenvalue weighted by molar-refractivity contribution is 7.89. The minimum atomic E-state index is -3.65. The Bertz CT molecular complexity index is 589. The van der Waals surface area contributed by atoms with Crippen molar-refractivity contribution in [3.8, 4) is 0 Å². The number of ether oxygens (including phenoxy) is 2. The Hall–Kier alpha value is -0.940. The van der Waals surface area contributed by atoms with Gasteiger partial charge in [-0.1, -0.05) is 0 Å². The number of nitrogen functional groups attached to an aromatic ring is 1. The van der Waals surface area contributed by atoms with Crippen LogP contribution in [0.15, 0.2) is 4.90 Å². The molecule has 0 amide bonds. The number of anilines is 2. The number of nitrogens with two attached hydrogens (primary N) is 1. The van der Waals surface area contributed by atoms with Crippen molar-refractivity contribution >= 4 is 32.4 Å². The summed E-state index contributed by atoms with van der Waals surface area (Å²) in [7, 11) is 2.51. The van der Waals surface area contributed by atoms with Crippen molar-refractivity contribution in [1.29, 1.82) is 0 Å². The summed E-state index contributed by atoms with van der Waals surface area (Å²) in [5, 5.41) is 0.530. The van der Waals surface area contributed by atoms with Gasteiger partial charge in [0, 0.05) is 41.4 Å². The van der Waals surface area contributed by atoms with Crippen LogP contribution >= 0.6 is 11.5 Å². The fourth-order valence-electron chi connectivity index (χ4n) is 2.27. The molecule has 0 saturated carbocycles. The van der Waals surface area contributed by atoms with Crippen molar-refractivity contribution in [3.05, 3.63) is 0 Å². The van der Waals surface area contributed by atoms with Crippen LogP contribution < -0.4 is 10.6 Å². The van der Waals surface area contributed by atoms with Crippen molar-refractivity contribution < 1.29 is 17.9 Å². The van der Waals surface area contributed by atoms with Crippen LogP contribution in [-0.4, -0.2) is 70.7 Å². The summed E-state index contributed by atoms with van der Waals surface area (Å²) in [4.78, 5) is 1.95. The Labute approximate surface area is 128 Å². The first-order valence-electron chi connectivity index (χ1n) is 6.31. The fourth-order valence-corrected chi connectivity index (χ4v) is 4.51. The Morgan fingerprint density at radius 3 is 2.24 bits per heavy atom. The van der Waals surface area contributed by atoms with Crippen LogP contribution in [0.5, 0.6) is 0 Å². The SMILES string of the molecule is COC1CN(c2snc(N)c2S(=O)(=O)N(C)C)CC1OC. The minimum absolute atomic E-state index is 0.0264. The van der Waals surface area contributed by atoms with Crippen LogP contribution in [0, 0.1) is 0 Å². The molecule has 8 nitrogen and oxygen atoms in total. The maximum Gasteiger partial charge on any atom is 0.249 e. The lowest BCUT2D eigenvalue weighted by molar-refractivity contribution is -0.00461. The molecule has 1 aromatic rings. The molecular formula is C11H20N4O4S2. The van der Waals surface area contributed by atoms with Gasteiger partial charge >= 0.3 is 0 Å². The van der Waals surface area contributed by atoms with E-state index in [9.17, 15) is 8.42 Å². The second kappa shape index (κ2) is 6.05. The Balaban J connectivity index is 2.40. The Morgan fingerprint density at radius 1 is 1.29 bits per heavy atom. The summed E-state index contributed by atoms with van der Waals surface area (Å²) in [6.45, 7) is 1.07. The molecular weight excluding hydrogens is 316 g/mol. The fraction of sp³-hybridized carbons (Fsp3) is 0.727. The minimum Gasteiger partial charge on any atom is -0.382 e. The van der Waals surface area contributed by atoms with Crippen molar-refractivity contribution in [2.45, 2.75) is 17.1 Å². The maximum absolute atomic E-state index is 12.4. The first kappa shape index (κ1) is 16.4. The highest BCUT2D eigenvalue weighted by Crippen LogP contribution is 2.38. The molecule has 0 aliphatic carbocycles. The number of methoxy groups -OCH3 is 2. The predicted molar refractivity (Wildman–Crippen MR) is 81.2 cm³/mol. The molecule has 10 heteroatoms. The van der Waals surface area contributed by atoms with Crippen LogP contribution in [0.2, 0.25) is 0 Å². The highest BCUT2D eigenvalue weighted by Gasteiger charge is 2.38. The smallest absolute Gasteiger partial charge is 0.249 e. The van der Waals surface area contributed by atoms with Crippen LogP contribution in [-0.2, 0) is 19.5 Å². The van der Waals surface area contributed by atoms with Gasteiger partial charge in [0.25, 0.3) is 0 Å². The van der Waals surface area contributed by atoms with Crippen molar-refractivity contribution in [3.63, 3.8) is 0 Å². The zero-order chi connectivity index (χ0) is 15.8. The van der Waals surface area contributed by atoms with Crippen LogP contribution in [0.1, 0.15) is 0 Å². The molecule has 0 aromatic carbocycles. The third-order valence-corrected chi connectivity index (χ3v) is 6.44. The van der Waals surface area contributed by atoms with Gasteiger partial charge in [0.1, 0.15) is 17.2 Å². The van der Waals surface area contributed by atoms with E-state index in [2.05, 4.69) is 4.37 Å². The number of nitrogens with zero attached hydrogens (tertiary/aromatic N) is 3. The molecule has 2 heterocycles. The molecule has 120 valence electrons. The van der Waals surface area contributed by atoms with Gasteiger partial charge in [-0.3, -0.25) is 0 Å². The highest BCUT2D eigenvalue weighted by atomic mass is 32.2. The lowest BCUT2D eigenvalue weighted by atomic mass is 10.3. The average Bonchev–Trinajstić information content (AvgIpc) is 3.01. The van der Waals surface area contributed by atoms with Crippen molar-refractivity contribution in [2.24, 2.45) is 0 Å². The molecule has 1 fully saturated rings. The van der Waals surface area contributed by atoms with E-state index in [1.54, 1.807) is 14.2 Å². The lowest BCUT2D eigenvalue weighted by Gasteiger charge is -2.19. The summed E-state index contributed by atoms with van der Waals surface area (Å²) in [6.07, 6.45) is -0.235. The largest absolute Gasteiger partial charge is 0.382 e. The topological polar surface area (TPSA) is 98.0 Å². The van der Waals surface area contributed by atoms with Crippen molar-refractivity contribution in [1.82, 2.24) is 8.68 Å². The third kappa shape index (κ3) is 2.86. The van der Waals surface area contributed by atoms with Crippen LogP contribution in [0.4, 0.5) is 10.8 Å². The predicted octanol–water partition coefficient (Wildman–Crippen LogP) is -0.174. The van der Waals surface area contributed by atoms with E-state index >= 15 is 0 Å². The third-order valence-electron chi connectivity index (χ3n) is 3.50. The molecule has 2 rings (SSSR count). The number of sulfonamides is 1. The monoisotopic (exact) mass is 336 g/mol. The second-order valence-corrected chi connectivity index (χ2v) is 7.78. The summed E-state index contributed by atoms with van der Waals surface area (Å²) in [6, 6.07) is 0. The van der Waals surface area contributed by atoms with Gasteiger partial charge in [0.15, 0.2) is 10.7 Å². The molecule has 2 atom stereocenters. The Kier molecular flexibility index (Phi) is 4.73. The number of hydrogen-bond donors (Lipinski definition) is 1. The molecule has 1 aromatic heterocycles. The molecule has 1 aliphatic heterocycles. The molecule has 2 unspecified atom stereocenters. The van der Waals surface area contributed by atoms with Gasteiger partial charge < -0.3 is 20.1 Å². The summed E-state index contributed by atoms with van der Waals surface area (Å²) >= 11 is 1.08. The van der Waals surface area contributed by atoms with E-state index < -0.39 is 10.0 Å². The van der Waals surface area contributed by atoms with Crippen LogP contribution in [0.25, 0.3) is 0 Å². The summed E-state index contributed by atoms with van der Waals surface area (Å²) in [5.74, 6) is 0.0264. The van der Waals surface area contributed by atoms with E-state index in [4.69, 9.17) is 15.2 Å². The summed E-state index contributed by atoms with van der Waals surface area (Å²) < 4.78 is 40.7. The van der Waals surface area contributed by atoms with Gasteiger partial charge in [-0.15, -0.1) is 0 Å². The molecule has 21 heavy (non-hydrogen) atoms. The zero-order valence-electron chi connectivity index (χ0n) is 12.4. The molecule has 0 spiro atoms. The summed E-state index contributed by atoms with van der Waals surface area (Å²) in [5.41, 5.74) is 5.77. The van der Waals surface area contributed by atoms with E-state index in [0.29, 0.717) is 18.1 Å².